The van der Waals surface area contributed by atoms with Crippen molar-refractivity contribution in [2.24, 2.45) is 5.16 Å². The fourth-order valence-corrected chi connectivity index (χ4v) is 3.12. The van der Waals surface area contributed by atoms with Gasteiger partial charge in [0.25, 0.3) is 0 Å². The molecule has 10 heteroatoms. The van der Waals surface area contributed by atoms with Crippen LogP contribution in [0.2, 0.25) is 10.0 Å². The number of hydrogen-bond acceptors (Lipinski definition) is 5. The Hall–Kier alpha value is -1.61. The molecule has 22 heavy (non-hydrogen) atoms. The van der Waals surface area contributed by atoms with Gasteiger partial charge >= 0.3 is 10.2 Å². The lowest BCUT2D eigenvalue weighted by molar-refractivity contribution is 0.321. The van der Waals surface area contributed by atoms with Crippen LogP contribution in [0.3, 0.4) is 0 Å². The van der Waals surface area contributed by atoms with E-state index < -0.39 is 10.2 Å². The summed E-state index contributed by atoms with van der Waals surface area (Å²) in [4.78, 5) is 4.13. The van der Waals surface area contributed by atoms with Crippen LogP contribution in [0.4, 0.5) is 0 Å². The summed E-state index contributed by atoms with van der Waals surface area (Å²) in [7, 11) is -1.06. The van der Waals surface area contributed by atoms with Crippen LogP contribution in [-0.4, -0.2) is 47.2 Å². The van der Waals surface area contributed by atoms with Crippen LogP contribution < -0.4 is 0 Å². The topological polar surface area (TPSA) is 87.8 Å². The molecule has 0 spiro atoms. The van der Waals surface area contributed by atoms with E-state index in [1.807, 2.05) is 0 Å². The molecule has 0 saturated heterocycles. The zero-order chi connectivity index (χ0) is 16.5. The van der Waals surface area contributed by atoms with Crippen LogP contribution in [0.15, 0.2) is 29.6 Å². The molecule has 1 aromatic carbocycles. The van der Waals surface area contributed by atoms with Gasteiger partial charge in [0.1, 0.15) is 6.21 Å². The molecule has 7 nitrogen and oxygen atoms in total. The molecular weight excluding hydrogens is 351 g/mol. The highest BCUT2D eigenvalue weighted by atomic mass is 35.5. The van der Waals surface area contributed by atoms with Crippen molar-refractivity contribution in [3.8, 4) is 11.3 Å². The summed E-state index contributed by atoms with van der Waals surface area (Å²) in [5.74, 6) is -0.0581. The minimum atomic E-state index is -3.82. The standard InChI is InChI=1S/C12H12Cl2N4O3S/c1-17(2)22(20,21)18-7-11(16-12(18)6-15-19)9-4-3-8(13)5-10(9)14/h3-7,19H,1-2H3. The van der Waals surface area contributed by atoms with E-state index in [9.17, 15) is 8.42 Å². The molecule has 1 aromatic heterocycles. The number of benzene rings is 1. The molecule has 1 heterocycles. The third-order valence-corrected chi connectivity index (χ3v) is 5.05. The Balaban J connectivity index is 2.66. The first-order valence-corrected chi connectivity index (χ1v) is 8.08. The van der Waals surface area contributed by atoms with Gasteiger partial charge in [-0.25, -0.2) is 8.96 Å². The van der Waals surface area contributed by atoms with Gasteiger partial charge in [0.15, 0.2) is 5.82 Å². The van der Waals surface area contributed by atoms with Crippen LogP contribution >= 0.6 is 23.2 Å². The van der Waals surface area contributed by atoms with Crippen LogP contribution in [0.1, 0.15) is 5.82 Å². The molecule has 1 N–H and O–H groups in total. The van der Waals surface area contributed by atoms with Crippen molar-refractivity contribution < 1.29 is 13.6 Å². The minimum absolute atomic E-state index is 0.0581. The zero-order valence-corrected chi connectivity index (χ0v) is 13.9. The van der Waals surface area contributed by atoms with Crippen LogP contribution in [0.25, 0.3) is 11.3 Å². The summed E-state index contributed by atoms with van der Waals surface area (Å²) in [6.07, 6.45) is 2.22. The van der Waals surface area contributed by atoms with Crippen molar-refractivity contribution in [1.82, 2.24) is 13.3 Å². The molecule has 0 amide bonds. The molecule has 0 unspecified atom stereocenters. The second-order valence-corrected chi connectivity index (χ2v) is 7.30. The molecule has 2 rings (SSSR count). The first-order chi connectivity index (χ1) is 10.3. The largest absolute Gasteiger partial charge is 0.411 e. The Morgan fingerprint density at radius 1 is 1.36 bits per heavy atom. The van der Waals surface area contributed by atoms with Crippen LogP contribution in [0, 0.1) is 0 Å². The number of hydrogen-bond donors (Lipinski definition) is 1. The number of aromatic nitrogens is 2. The maximum absolute atomic E-state index is 12.3. The lowest BCUT2D eigenvalue weighted by Gasteiger charge is -2.12. The van der Waals surface area contributed by atoms with Gasteiger partial charge in [0, 0.05) is 24.7 Å². The number of nitrogens with zero attached hydrogens (tertiary/aromatic N) is 4. The number of halogens is 2. The van der Waals surface area contributed by atoms with E-state index in [0.29, 0.717) is 21.3 Å². The van der Waals surface area contributed by atoms with E-state index in [0.717, 1.165) is 14.5 Å². The summed E-state index contributed by atoms with van der Waals surface area (Å²) < 4.78 is 26.4. The summed E-state index contributed by atoms with van der Waals surface area (Å²) in [6, 6.07) is 4.76. The van der Waals surface area contributed by atoms with Gasteiger partial charge in [-0.2, -0.15) is 12.7 Å². The van der Waals surface area contributed by atoms with Gasteiger partial charge in [-0.1, -0.05) is 28.4 Å². The maximum Gasteiger partial charge on any atom is 0.308 e. The lowest BCUT2D eigenvalue weighted by atomic mass is 10.2. The molecule has 0 bridgehead atoms. The minimum Gasteiger partial charge on any atom is -0.411 e. The van der Waals surface area contributed by atoms with Crippen molar-refractivity contribution in [1.29, 1.82) is 0 Å². The van der Waals surface area contributed by atoms with Crippen molar-refractivity contribution in [3.63, 3.8) is 0 Å². The van der Waals surface area contributed by atoms with E-state index in [-0.39, 0.29) is 5.82 Å². The Morgan fingerprint density at radius 3 is 2.59 bits per heavy atom. The van der Waals surface area contributed by atoms with E-state index >= 15 is 0 Å². The quantitative estimate of drug-likeness (QED) is 0.513. The molecule has 0 atom stereocenters. The van der Waals surface area contributed by atoms with Gasteiger partial charge in [0.05, 0.1) is 16.9 Å². The predicted molar refractivity (Wildman–Crippen MR) is 85.1 cm³/mol. The number of imidazole rings is 1. The van der Waals surface area contributed by atoms with E-state index in [1.165, 1.54) is 26.4 Å². The predicted octanol–water partition coefficient (Wildman–Crippen LogP) is 2.32. The van der Waals surface area contributed by atoms with Crippen LogP contribution in [0.5, 0.6) is 0 Å². The number of oxime groups is 1. The second kappa shape index (κ2) is 6.25. The van der Waals surface area contributed by atoms with Crippen molar-refractivity contribution >= 4 is 39.6 Å². The third-order valence-electron chi connectivity index (χ3n) is 2.79. The Labute approximate surface area is 137 Å². The highest BCUT2D eigenvalue weighted by Crippen LogP contribution is 2.30. The molecule has 0 saturated carbocycles. The number of rotatable bonds is 4. The smallest absolute Gasteiger partial charge is 0.308 e. The molecule has 2 aromatic rings. The molecule has 0 aliphatic rings. The summed E-state index contributed by atoms with van der Waals surface area (Å²) >= 11 is 11.9. The van der Waals surface area contributed by atoms with Gasteiger partial charge in [-0.05, 0) is 18.2 Å². The van der Waals surface area contributed by atoms with Gasteiger partial charge < -0.3 is 5.21 Å². The van der Waals surface area contributed by atoms with Gasteiger partial charge in [0.2, 0.25) is 0 Å². The highest BCUT2D eigenvalue weighted by molar-refractivity contribution is 7.87. The summed E-state index contributed by atoms with van der Waals surface area (Å²) in [5, 5.41) is 12.3. The summed E-state index contributed by atoms with van der Waals surface area (Å²) in [6.45, 7) is 0. The average Bonchev–Trinajstić information content (AvgIpc) is 2.83. The average molecular weight is 363 g/mol. The van der Waals surface area contributed by atoms with Crippen molar-refractivity contribution in [2.75, 3.05) is 14.1 Å². The SMILES string of the molecule is CN(C)S(=O)(=O)n1cc(-c2ccc(Cl)cc2Cl)nc1C=NO. The molecular formula is C12H12Cl2N4O3S. The monoisotopic (exact) mass is 362 g/mol. The highest BCUT2D eigenvalue weighted by Gasteiger charge is 2.22. The Bertz CT molecular complexity index is 831. The molecule has 118 valence electrons. The lowest BCUT2D eigenvalue weighted by Crippen LogP contribution is -2.29. The fourth-order valence-electron chi connectivity index (χ4n) is 1.70. The normalized spacial score (nSPS) is 12.4. The Morgan fingerprint density at radius 2 is 2.05 bits per heavy atom. The first-order valence-electron chi connectivity index (χ1n) is 5.92. The van der Waals surface area contributed by atoms with Crippen molar-refractivity contribution in [2.45, 2.75) is 0 Å². The Kier molecular flexibility index (Phi) is 4.76. The van der Waals surface area contributed by atoms with Crippen molar-refractivity contribution in [3.05, 3.63) is 40.3 Å². The first kappa shape index (κ1) is 16.8. The zero-order valence-electron chi connectivity index (χ0n) is 11.6. The maximum atomic E-state index is 12.3. The molecule has 0 aliphatic heterocycles. The molecule has 0 aliphatic carbocycles. The van der Waals surface area contributed by atoms with Gasteiger partial charge in [-0.3, -0.25) is 0 Å². The van der Waals surface area contributed by atoms with E-state index in [1.54, 1.807) is 12.1 Å². The van der Waals surface area contributed by atoms with Crippen LogP contribution in [-0.2, 0) is 10.2 Å². The third kappa shape index (κ3) is 3.09. The van der Waals surface area contributed by atoms with Gasteiger partial charge in [-0.15, -0.1) is 0 Å². The second-order valence-electron chi connectivity index (χ2n) is 4.44. The fraction of sp³-hybridized carbons (Fsp3) is 0.167. The molecule has 0 fully saturated rings. The van der Waals surface area contributed by atoms with E-state index in [4.69, 9.17) is 28.4 Å². The summed E-state index contributed by atoms with van der Waals surface area (Å²) in [5.41, 5.74) is 0.813. The van der Waals surface area contributed by atoms with E-state index in [2.05, 4.69) is 10.1 Å². The molecule has 0 radical (unpaired) electrons.